The zero-order valence-electron chi connectivity index (χ0n) is 66.8. The molecule has 0 radical (unpaired) electrons. The van der Waals surface area contributed by atoms with E-state index in [1.807, 2.05) is 35.7 Å². The highest BCUT2D eigenvalue weighted by molar-refractivity contribution is 7.99. The molecule has 2 aromatic heterocycles. The Labute approximate surface area is 667 Å². The molecule has 0 fully saturated rings. The molecule has 0 bridgehead atoms. The van der Waals surface area contributed by atoms with E-state index in [-0.39, 0.29) is 12.2 Å². The quantitative estimate of drug-likeness (QED) is 0.0266. The second-order valence-corrected chi connectivity index (χ2v) is 31.8. The summed E-state index contributed by atoms with van der Waals surface area (Å²) in [5.74, 6) is 3.19. The predicted octanol–water partition coefficient (Wildman–Crippen LogP) is 24.6. The molecule has 2 atom stereocenters. The van der Waals surface area contributed by atoms with Crippen LogP contribution in [-0.2, 0) is 47.7 Å². The average Bonchev–Trinajstić information content (AvgIpc) is 0.718. The monoisotopic (exact) mass is 1520 g/mol. The molecule has 0 aliphatic rings. The van der Waals surface area contributed by atoms with Crippen LogP contribution in [0.1, 0.15) is 264 Å². The zero-order valence-corrected chi connectivity index (χ0v) is 68.4. The van der Waals surface area contributed by atoms with E-state index in [4.69, 9.17) is 33.2 Å². The van der Waals surface area contributed by atoms with Gasteiger partial charge in [0.25, 0.3) is 0 Å². The van der Waals surface area contributed by atoms with Gasteiger partial charge in [-0.1, -0.05) is 376 Å². The number of benzene rings is 6. The molecule has 13 heteroatoms. The zero-order chi connectivity index (χ0) is 75.7. The summed E-state index contributed by atoms with van der Waals surface area (Å²) in [5, 5.41) is 0. The van der Waals surface area contributed by atoms with Crippen LogP contribution >= 0.6 is 23.5 Å². The van der Waals surface area contributed by atoms with E-state index in [1.54, 1.807) is 24.8 Å². The van der Waals surface area contributed by atoms with Gasteiger partial charge < -0.3 is 33.2 Å². The summed E-state index contributed by atoms with van der Waals surface area (Å²) in [6, 6.07) is 65.4. The van der Waals surface area contributed by atoms with Crippen LogP contribution in [0.3, 0.4) is 0 Å². The van der Waals surface area contributed by atoms with Gasteiger partial charge in [0.05, 0.1) is 39.6 Å². The Kier molecular flexibility index (Phi) is 45.9. The second-order valence-electron chi connectivity index (χ2n) is 29.5. The Bertz CT molecular complexity index is 3120. The van der Waals surface area contributed by atoms with Gasteiger partial charge in [-0.2, -0.15) is 23.5 Å². The largest absolute Gasteiger partial charge is 0.457 e. The highest BCUT2D eigenvalue weighted by Gasteiger charge is 2.49. The molecule has 8 aromatic rings. The third kappa shape index (κ3) is 34.2. The van der Waals surface area contributed by atoms with E-state index in [1.165, 1.54) is 204 Å². The third-order valence-corrected chi connectivity index (χ3v) is 22.8. The van der Waals surface area contributed by atoms with Gasteiger partial charge in [-0.05, 0) is 82.3 Å². The molecular weight excluding hydrogens is 1390 g/mol. The first-order valence-corrected chi connectivity index (χ1v) is 44.9. The third-order valence-electron chi connectivity index (χ3n) is 20.7. The summed E-state index contributed by atoms with van der Waals surface area (Å²) in [6.45, 7) is 9.56. The molecule has 2 unspecified atom stereocenters. The van der Waals surface area contributed by atoms with Crippen molar-refractivity contribution in [3.63, 3.8) is 0 Å². The van der Waals surface area contributed by atoms with Gasteiger partial charge in [-0.25, -0.2) is 19.9 Å². The molecule has 0 spiro atoms. The first kappa shape index (κ1) is 88.1. The first-order chi connectivity index (χ1) is 54.1. The minimum absolute atomic E-state index is 0.156. The lowest BCUT2D eigenvalue weighted by Gasteiger charge is -2.46. The van der Waals surface area contributed by atoms with Crippen LogP contribution in [-0.4, -0.2) is 108 Å². The molecule has 592 valence electrons. The smallest absolute Gasteiger partial charge is 0.316 e. The maximum Gasteiger partial charge on any atom is 0.316 e. The van der Waals surface area contributed by atoms with Crippen LogP contribution in [0, 0.1) is 0 Å². The molecule has 2 heterocycles. The Hall–Kier alpha value is -6.42. The standard InChI is InChI=1S/C96H134N4O7S2/c1-3-5-7-9-11-13-15-17-19-21-23-25-27-29-31-45-71-103-79-91(105-93-97-67-47-68-98-93)81-108-77-75-101-73-65-83-57-61-89(62-58-83)95(85-49-37-33-38-50-85,86-51-39-34-40-52-86)107-96(87-53-41-35-42-54-87,88-55-43-36-44-56-88)90-63-59-84(60-64-90)66-74-102-76-78-109-82-92(106-94-99-69-48-70-100-94)80-104-72-46-32-30-28-26-24-22-20-18-16-14-12-10-8-6-4-2/h33-44,47-64,67-70,91-92H,3-32,45-46,65-66,71-82H2,1-2H3. The number of nitrogens with zero attached hydrogens (tertiary/aromatic N) is 4. The summed E-state index contributed by atoms with van der Waals surface area (Å²) in [7, 11) is 0. The number of aromatic nitrogens is 4. The van der Waals surface area contributed by atoms with E-state index < -0.39 is 11.2 Å². The number of hydrogen-bond acceptors (Lipinski definition) is 13. The SMILES string of the molecule is CCCCCCCCCCCCCCCCCCOCC(CSCCOCCc1ccc(C(OC(c2ccccc2)(c2ccccc2)c2ccc(CCOCCSCC(COCCCCCCCCCCCCCCCCCC)Oc3ncccn3)cc2)(c2ccccc2)c2ccccc2)cc1)Oc1ncccn1. The maximum absolute atomic E-state index is 8.44. The number of ether oxygens (including phenoxy) is 7. The Morgan fingerprint density at radius 1 is 0.275 bits per heavy atom. The molecule has 0 aliphatic heterocycles. The maximum atomic E-state index is 8.44. The Balaban J connectivity index is 0.816. The number of hydrogen-bond donors (Lipinski definition) is 0. The fraction of sp³-hybridized carbons (Fsp3) is 0.542. The average molecular weight is 1520 g/mol. The highest BCUT2D eigenvalue weighted by atomic mass is 32.2. The van der Waals surface area contributed by atoms with Crippen molar-refractivity contribution in [2.75, 3.05) is 75.9 Å². The van der Waals surface area contributed by atoms with Crippen LogP contribution in [0.2, 0.25) is 0 Å². The summed E-state index contributed by atoms with van der Waals surface area (Å²) < 4.78 is 46.1. The first-order valence-electron chi connectivity index (χ1n) is 42.6. The highest BCUT2D eigenvalue weighted by Crippen LogP contribution is 2.51. The van der Waals surface area contributed by atoms with Crippen LogP contribution in [0.25, 0.3) is 0 Å². The van der Waals surface area contributed by atoms with Crippen LogP contribution in [0.5, 0.6) is 12.0 Å². The fourth-order valence-electron chi connectivity index (χ4n) is 14.5. The summed E-state index contributed by atoms with van der Waals surface area (Å²) >= 11 is 3.63. The lowest BCUT2D eigenvalue weighted by molar-refractivity contribution is -0.0810. The van der Waals surface area contributed by atoms with Gasteiger partial charge >= 0.3 is 12.0 Å². The second kappa shape index (κ2) is 56.7. The molecule has 6 aromatic carbocycles. The van der Waals surface area contributed by atoms with E-state index in [2.05, 4.69) is 204 Å². The molecule has 0 saturated carbocycles. The van der Waals surface area contributed by atoms with Gasteiger partial charge in [0.2, 0.25) is 0 Å². The van der Waals surface area contributed by atoms with E-state index in [0.717, 1.165) is 95.3 Å². The Morgan fingerprint density at radius 3 is 0.826 bits per heavy atom. The Morgan fingerprint density at radius 2 is 0.541 bits per heavy atom. The van der Waals surface area contributed by atoms with Gasteiger partial charge in [0, 0.05) is 61.0 Å². The van der Waals surface area contributed by atoms with Crippen molar-refractivity contribution in [2.24, 2.45) is 0 Å². The molecule has 11 nitrogen and oxygen atoms in total. The van der Waals surface area contributed by atoms with Gasteiger partial charge in [-0.3, -0.25) is 0 Å². The van der Waals surface area contributed by atoms with Crippen molar-refractivity contribution < 1.29 is 33.2 Å². The van der Waals surface area contributed by atoms with Gasteiger partial charge in [0.1, 0.15) is 23.4 Å². The summed E-state index contributed by atoms with van der Waals surface area (Å²) in [6.07, 6.45) is 51.5. The topological polar surface area (TPSA) is 116 Å². The van der Waals surface area contributed by atoms with Gasteiger partial charge in [-0.15, -0.1) is 0 Å². The number of rotatable bonds is 66. The van der Waals surface area contributed by atoms with Crippen LogP contribution in [0.15, 0.2) is 207 Å². The van der Waals surface area contributed by atoms with Gasteiger partial charge in [0.15, 0.2) is 0 Å². The molecule has 0 amide bonds. The van der Waals surface area contributed by atoms with Crippen LogP contribution in [0.4, 0.5) is 0 Å². The van der Waals surface area contributed by atoms with Crippen molar-refractivity contribution in [1.82, 2.24) is 19.9 Å². The number of unbranched alkanes of at least 4 members (excludes halogenated alkanes) is 30. The number of thioether (sulfide) groups is 2. The molecule has 8 rings (SSSR count). The lowest BCUT2D eigenvalue weighted by Crippen LogP contribution is -2.44. The predicted molar refractivity (Wildman–Crippen MR) is 457 cm³/mol. The fourth-order valence-corrected chi connectivity index (χ4v) is 16.2. The molecule has 0 aliphatic carbocycles. The van der Waals surface area contributed by atoms with Crippen LogP contribution < -0.4 is 9.47 Å². The minimum Gasteiger partial charge on any atom is -0.457 e. The van der Waals surface area contributed by atoms with E-state index >= 15 is 0 Å². The molecular formula is C96H134N4O7S2. The molecule has 109 heavy (non-hydrogen) atoms. The van der Waals surface area contributed by atoms with E-state index in [9.17, 15) is 0 Å². The van der Waals surface area contributed by atoms with Crippen molar-refractivity contribution in [3.8, 4) is 12.0 Å². The van der Waals surface area contributed by atoms with E-state index in [0.29, 0.717) is 51.7 Å². The van der Waals surface area contributed by atoms with Crippen molar-refractivity contribution >= 4 is 23.5 Å². The minimum atomic E-state index is -1.10. The van der Waals surface area contributed by atoms with Crippen molar-refractivity contribution in [3.05, 3.63) is 251 Å². The molecule has 0 N–H and O–H groups in total. The lowest BCUT2D eigenvalue weighted by atomic mass is 9.75. The normalized spacial score (nSPS) is 12.3. The summed E-state index contributed by atoms with van der Waals surface area (Å²) in [5.41, 5.74) is 6.29. The van der Waals surface area contributed by atoms with Crippen molar-refractivity contribution in [1.29, 1.82) is 0 Å². The summed E-state index contributed by atoms with van der Waals surface area (Å²) in [4.78, 5) is 17.4. The van der Waals surface area contributed by atoms with Crippen molar-refractivity contribution in [2.45, 2.75) is 256 Å². The molecule has 0 saturated heterocycles.